The largest absolute Gasteiger partial charge is 0.310 e. The van der Waals surface area contributed by atoms with Crippen molar-refractivity contribution in [1.82, 2.24) is 0 Å². The number of rotatable bonds is 4. The molecule has 2 heteroatoms. The van der Waals surface area contributed by atoms with Gasteiger partial charge in [-0.25, -0.2) is 0 Å². The van der Waals surface area contributed by atoms with E-state index in [0.29, 0.717) is 0 Å². The fraction of sp³-hybridized carbons (Fsp3) is 0.111. The van der Waals surface area contributed by atoms with Crippen molar-refractivity contribution in [3.63, 3.8) is 0 Å². The number of anilines is 3. The summed E-state index contributed by atoms with van der Waals surface area (Å²) in [7, 11) is 0. The number of nitrogens with zero attached hydrogens (tertiary/aromatic N) is 1. The zero-order valence-corrected chi connectivity index (χ0v) is 32.3. The third-order valence-electron chi connectivity index (χ3n) is 13.3. The highest BCUT2D eigenvalue weighted by Gasteiger charge is 2.48. The van der Waals surface area contributed by atoms with Gasteiger partial charge < -0.3 is 4.90 Å². The van der Waals surface area contributed by atoms with Crippen molar-refractivity contribution in [3.05, 3.63) is 209 Å². The summed E-state index contributed by atoms with van der Waals surface area (Å²) in [6.07, 6.45) is 2.17. The van der Waals surface area contributed by atoms with Crippen molar-refractivity contribution in [2.75, 3.05) is 4.90 Å². The minimum absolute atomic E-state index is 0.111. The molecule has 0 radical (unpaired) electrons. The fourth-order valence-electron chi connectivity index (χ4n) is 10.9. The molecule has 56 heavy (non-hydrogen) atoms. The molecule has 0 saturated carbocycles. The highest BCUT2D eigenvalue weighted by molar-refractivity contribution is 7.26. The van der Waals surface area contributed by atoms with Crippen LogP contribution >= 0.6 is 11.3 Å². The number of benzene rings is 8. The summed E-state index contributed by atoms with van der Waals surface area (Å²) in [5.41, 5.74) is 19.8. The molecule has 0 bridgehead atoms. The Labute approximate surface area is 332 Å². The van der Waals surface area contributed by atoms with E-state index in [9.17, 15) is 0 Å². The molecule has 1 spiro atoms. The van der Waals surface area contributed by atoms with Crippen molar-refractivity contribution in [3.8, 4) is 33.4 Å². The first kappa shape index (κ1) is 32.1. The lowest BCUT2D eigenvalue weighted by atomic mass is 9.73. The number of hydrogen-bond acceptors (Lipinski definition) is 2. The van der Waals surface area contributed by atoms with Gasteiger partial charge in [-0.15, -0.1) is 11.3 Å². The van der Waals surface area contributed by atoms with E-state index in [-0.39, 0.29) is 10.8 Å². The molecule has 1 nitrogen and oxygen atoms in total. The van der Waals surface area contributed by atoms with E-state index >= 15 is 0 Å². The molecule has 0 saturated heterocycles. The van der Waals surface area contributed by atoms with E-state index in [1.165, 1.54) is 98.3 Å². The van der Waals surface area contributed by atoms with Gasteiger partial charge in [0.25, 0.3) is 0 Å². The SMILES string of the molecule is CC1(C)c2ccccc2-c2cccc(-c3cccc(N(c4ccc5c(c4)C4(CCc6ccccc64)c4ccccc4-5)c4cccc5sc6ccccc6c45)c3)c21. The Morgan fingerprint density at radius 1 is 0.482 bits per heavy atom. The maximum absolute atomic E-state index is 2.55. The second-order valence-electron chi connectivity index (χ2n) is 16.4. The molecule has 0 aliphatic heterocycles. The van der Waals surface area contributed by atoms with E-state index in [1.807, 2.05) is 11.3 Å². The lowest BCUT2D eigenvalue weighted by Gasteiger charge is -2.31. The van der Waals surface area contributed by atoms with E-state index in [0.717, 1.165) is 18.5 Å². The molecule has 12 rings (SSSR count). The summed E-state index contributed by atoms with van der Waals surface area (Å²) in [5.74, 6) is 0. The van der Waals surface area contributed by atoms with Crippen molar-refractivity contribution in [1.29, 1.82) is 0 Å². The summed E-state index contributed by atoms with van der Waals surface area (Å²) >= 11 is 1.88. The Balaban J connectivity index is 1.11. The standard InChI is InChI=1S/C54H39NS/c1-53(2)45-23-8-4-18-40(45)42-21-12-20-38(52(42)53)35-15-11-16-36(32-35)55(48-25-13-27-50-51(48)43-19-6-10-26-49(43)56-50)37-28-29-41-39-17-5-9-24-46(39)54(47(41)33-37)31-30-34-14-3-7-22-44(34)54/h3-29,32-33H,30-31H2,1-2H3. The number of thiophene rings is 1. The molecule has 3 aliphatic rings. The normalized spacial score (nSPS) is 16.8. The second kappa shape index (κ2) is 11.6. The van der Waals surface area contributed by atoms with E-state index in [1.54, 1.807) is 0 Å². The molecule has 8 aromatic carbocycles. The molecule has 1 heterocycles. The van der Waals surface area contributed by atoms with Crippen LogP contribution in [0.5, 0.6) is 0 Å². The molecule has 0 amide bonds. The highest BCUT2D eigenvalue weighted by atomic mass is 32.1. The van der Waals surface area contributed by atoms with Crippen LogP contribution in [-0.2, 0) is 17.3 Å². The van der Waals surface area contributed by atoms with Gasteiger partial charge in [-0.3, -0.25) is 0 Å². The van der Waals surface area contributed by atoms with Gasteiger partial charge >= 0.3 is 0 Å². The van der Waals surface area contributed by atoms with Crippen molar-refractivity contribution >= 4 is 48.6 Å². The van der Waals surface area contributed by atoms with E-state index < -0.39 is 0 Å². The highest BCUT2D eigenvalue weighted by Crippen LogP contribution is 2.60. The van der Waals surface area contributed by atoms with Crippen LogP contribution in [0, 0.1) is 0 Å². The summed E-state index contributed by atoms with van der Waals surface area (Å²) in [5, 5.41) is 2.61. The van der Waals surface area contributed by atoms with Gasteiger partial charge in [0, 0.05) is 42.4 Å². The van der Waals surface area contributed by atoms with Crippen LogP contribution in [-0.4, -0.2) is 0 Å². The first-order valence-electron chi connectivity index (χ1n) is 19.9. The van der Waals surface area contributed by atoms with E-state index in [4.69, 9.17) is 0 Å². The number of fused-ring (bicyclic) bond motifs is 13. The van der Waals surface area contributed by atoms with Crippen LogP contribution in [0.3, 0.4) is 0 Å². The second-order valence-corrected chi connectivity index (χ2v) is 17.5. The van der Waals surface area contributed by atoms with Crippen molar-refractivity contribution in [2.45, 2.75) is 37.5 Å². The Morgan fingerprint density at radius 2 is 1.12 bits per heavy atom. The molecule has 1 aromatic heterocycles. The number of aryl methyl sites for hydroxylation is 1. The Bertz CT molecular complexity index is 3090. The van der Waals surface area contributed by atoms with Gasteiger partial charge in [-0.05, 0) is 122 Å². The van der Waals surface area contributed by atoms with E-state index in [2.05, 4.69) is 195 Å². The number of hydrogen-bond donors (Lipinski definition) is 0. The summed E-state index contributed by atoms with van der Waals surface area (Å²) < 4.78 is 2.62. The Kier molecular flexibility index (Phi) is 6.67. The van der Waals surface area contributed by atoms with Crippen LogP contribution in [0.2, 0.25) is 0 Å². The molecular formula is C54H39NS. The predicted octanol–water partition coefficient (Wildman–Crippen LogP) is 14.8. The molecular weight excluding hydrogens is 695 g/mol. The van der Waals surface area contributed by atoms with Gasteiger partial charge in [0.05, 0.1) is 5.69 Å². The monoisotopic (exact) mass is 733 g/mol. The average Bonchev–Trinajstić information content (AvgIpc) is 3.97. The van der Waals surface area contributed by atoms with Crippen LogP contribution < -0.4 is 4.90 Å². The predicted molar refractivity (Wildman–Crippen MR) is 237 cm³/mol. The average molecular weight is 734 g/mol. The summed E-state index contributed by atoms with van der Waals surface area (Å²) in [4.78, 5) is 2.55. The van der Waals surface area contributed by atoms with Gasteiger partial charge in [0.2, 0.25) is 0 Å². The zero-order chi connectivity index (χ0) is 37.2. The first-order chi connectivity index (χ1) is 27.5. The molecule has 0 fully saturated rings. The fourth-order valence-corrected chi connectivity index (χ4v) is 12.1. The maximum atomic E-state index is 2.55. The first-order valence-corrected chi connectivity index (χ1v) is 20.7. The maximum Gasteiger partial charge on any atom is 0.0554 e. The van der Waals surface area contributed by atoms with Crippen LogP contribution in [0.4, 0.5) is 17.1 Å². The smallest absolute Gasteiger partial charge is 0.0554 e. The van der Waals surface area contributed by atoms with Crippen molar-refractivity contribution in [2.24, 2.45) is 0 Å². The summed E-state index contributed by atoms with van der Waals surface area (Å²) in [6, 6.07) is 66.5. The zero-order valence-electron chi connectivity index (χ0n) is 31.5. The quantitative estimate of drug-likeness (QED) is 0.174. The van der Waals surface area contributed by atoms with Crippen LogP contribution in [0.15, 0.2) is 176 Å². The Hall–Kier alpha value is -6.22. The lowest BCUT2D eigenvalue weighted by molar-refractivity contribution is 0.626. The minimum Gasteiger partial charge on any atom is -0.310 e. The van der Waals surface area contributed by atoms with Crippen LogP contribution in [0.25, 0.3) is 53.6 Å². The third kappa shape index (κ3) is 4.25. The van der Waals surface area contributed by atoms with Crippen LogP contribution in [0.1, 0.15) is 53.6 Å². The van der Waals surface area contributed by atoms with Gasteiger partial charge in [0.1, 0.15) is 0 Å². The molecule has 1 atom stereocenters. The minimum atomic E-state index is -0.168. The lowest BCUT2D eigenvalue weighted by Crippen LogP contribution is -2.24. The molecule has 266 valence electrons. The molecule has 0 N–H and O–H groups in total. The molecule has 9 aromatic rings. The van der Waals surface area contributed by atoms with Gasteiger partial charge in [-0.2, -0.15) is 0 Å². The molecule has 3 aliphatic carbocycles. The van der Waals surface area contributed by atoms with Crippen molar-refractivity contribution < 1.29 is 0 Å². The Morgan fingerprint density at radius 3 is 2.02 bits per heavy atom. The summed E-state index contributed by atoms with van der Waals surface area (Å²) in [6.45, 7) is 4.78. The van der Waals surface area contributed by atoms with Gasteiger partial charge in [0.15, 0.2) is 0 Å². The topological polar surface area (TPSA) is 3.24 Å². The van der Waals surface area contributed by atoms with Gasteiger partial charge in [-0.1, -0.05) is 147 Å². The molecule has 1 unspecified atom stereocenters. The third-order valence-corrected chi connectivity index (χ3v) is 14.4.